The van der Waals surface area contributed by atoms with Crippen molar-refractivity contribution in [2.24, 2.45) is 0 Å². The van der Waals surface area contributed by atoms with Gasteiger partial charge in [-0.1, -0.05) is 63.3 Å². The summed E-state index contributed by atoms with van der Waals surface area (Å²) in [4.78, 5) is 12.3. The minimum Gasteiger partial charge on any atom is -0.485 e. The Hall–Kier alpha value is -2.49. The molecule has 0 bridgehead atoms. The number of fused-ring (bicyclic) bond motifs is 1. The van der Waals surface area contributed by atoms with E-state index in [0.717, 1.165) is 36.4 Å². The largest absolute Gasteiger partial charge is 0.485 e. The molecule has 0 atom stereocenters. The van der Waals surface area contributed by atoms with Crippen LogP contribution >= 0.6 is 0 Å². The normalized spacial score (nSPS) is 14.1. The van der Waals surface area contributed by atoms with Gasteiger partial charge in [0.15, 0.2) is 11.5 Å². The van der Waals surface area contributed by atoms with E-state index in [2.05, 4.69) is 32.2 Å². The maximum Gasteiger partial charge on any atom is 0.251 e. The Morgan fingerprint density at radius 3 is 2.53 bits per heavy atom. The van der Waals surface area contributed by atoms with E-state index in [-0.39, 0.29) is 11.5 Å². The summed E-state index contributed by atoms with van der Waals surface area (Å²) in [6.07, 6.45) is 8.23. The van der Waals surface area contributed by atoms with E-state index in [1.54, 1.807) is 0 Å². The van der Waals surface area contributed by atoms with Gasteiger partial charge in [0.2, 0.25) is 0 Å². The molecule has 2 aromatic rings. The average molecular weight is 410 g/mol. The molecule has 2 aromatic carbocycles. The van der Waals surface area contributed by atoms with Gasteiger partial charge in [0.25, 0.3) is 5.91 Å². The lowest BCUT2D eigenvalue weighted by atomic mass is 10.0. The van der Waals surface area contributed by atoms with Crippen molar-refractivity contribution in [3.05, 3.63) is 59.2 Å². The predicted molar refractivity (Wildman–Crippen MR) is 121 cm³/mol. The minimum absolute atomic E-state index is 0.00691. The minimum atomic E-state index is -0.188. The summed E-state index contributed by atoms with van der Waals surface area (Å²) in [7, 11) is 0. The fraction of sp³-hybridized carbons (Fsp3) is 0.500. The van der Waals surface area contributed by atoms with Gasteiger partial charge in [-0.25, -0.2) is 0 Å². The summed E-state index contributed by atoms with van der Waals surface area (Å²) >= 11 is 0. The zero-order valence-electron chi connectivity index (χ0n) is 18.6. The van der Waals surface area contributed by atoms with Crippen LogP contribution in [0.3, 0.4) is 0 Å². The molecule has 0 aromatic heterocycles. The molecule has 4 nitrogen and oxygen atoms in total. The Morgan fingerprint density at radius 2 is 1.77 bits per heavy atom. The molecule has 0 aliphatic carbocycles. The van der Waals surface area contributed by atoms with Crippen LogP contribution in [0.25, 0.3) is 0 Å². The molecule has 30 heavy (non-hydrogen) atoms. The monoisotopic (exact) mass is 409 g/mol. The second-order valence-electron chi connectivity index (χ2n) is 8.79. The molecule has 0 spiro atoms. The molecule has 162 valence electrons. The summed E-state index contributed by atoms with van der Waals surface area (Å²) in [5, 5.41) is 3.02. The van der Waals surface area contributed by atoms with Crippen molar-refractivity contribution in [1.29, 1.82) is 0 Å². The molecule has 0 fully saturated rings. The van der Waals surface area contributed by atoms with E-state index in [1.165, 1.54) is 37.7 Å². The number of unbranched alkanes of at least 4 members (excludes halogenated alkanes) is 5. The van der Waals surface area contributed by atoms with Crippen molar-refractivity contribution in [3.63, 3.8) is 0 Å². The van der Waals surface area contributed by atoms with Crippen molar-refractivity contribution in [1.82, 2.24) is 5.32 Å². The van der Waals surface area contributed by atoms with E-state index in [4.69, 9.17) is 9.47 Å². The van der Waals surface area contributed by atoms with Gasteiger partial charge in [-0.15, -0.1) is 0 Å². The first-order chi connectivity index (χ1) is 14.5. The number of benzene rings is 2. The van der Waals surface area contributed by atoms with Gasteiger partial charge in [-0.05, 0) is 44.0 Å². The third kappa shape index (κ3) is 6.25. The van der Waals surface area contributed by atoms with Gasteiger partial charge in [0.1, 0.15) is 12.2 Å². The third-order valence-electron chi connectivity index (χ3n) is 5.48. The number of amides is 1. The molecule has 4 heteroatoms. The number of hydrogen-bond donors (Lipinski definition) is 1. The van der Waals surface area contributed by atoms with Crippen LogP contribution in [0, 0.1) is 0 Å². The Morgan fingerprint density at radius 1 is 1.03 bits per heavy atom. The van der Waals surface area contributed by atoms with Crippen molar-refractivity contribution in [2.75, 3.05) is 6.54 Å². The number of carbonyl (C=O) groups excluding carboxylic acids is 1. The number of carbonyl (C=O) groups is 1. The molecule has 0 radical (unpaired) electrons. The van der Waals surface area contributed by atoms with Gasteiger partial charge in [0, 0.05) is 24.1 Å². The van der Waals surface area contributed by atoms with Crippen molar-refractivity contribution < 1.29 is 14.3 Å². The fourth-order valence-corrected chi connectivity index (χ4v) is 3.82. The first kappa shape index (κ1) is 22.2. The Balaban J connectivity index is 1.44. The summed E-state index contributed by atoms with van der Waals surface area (Å²) in [6.45, 7) is 7.59. The summed E-state index contributed by atoms with van der Waals surface area (Å²) in [6, 6.07) is 13.7. The fourth-order valence-electron chi connectivity index (χ4n) is 3.82. The molecular formula is C26H35NO3. The number of nitrogens with one attached hydrogen (secondary N) is 1. The molecule has 1 aliphatic rings. The molecule has 1 N–H and O–H groups in total. The Labute approximate surface area is 181 Å². The number of para-hydroxylation sites is 1. The lowest BCUT2D eigenvalue weighted by molar-refractivity contribution is 0.0953. The average Bonchev–Trinajstić information content (AvgIpc) is 3.06. The molecule has 0 saturated carbocycles. The van der Waals surface area contributed by atoms with Crippen LogP contribution in [0.1, 0.15) is 80.8 Å². The highest BCUT2D eigenvalue weighted by Crippen LogP contribution is 2.41. The van der Waals surface area contributed by atoms with Crippen molar-refractivity contribution >= 4 is 5.91 Å². The van der Waals surface area contributed by atoms with Crippen LogP contribution in [0.15, 0.2) is 42.5 Å². The molecule has 1 heterocycles. The van der Waals surface area contributed by atoms with Crippen molar-refractivity contribution in [3.8, 4) is 11.5 Å². The summed E-state index contributed by atoms with van der Waals surface area (Å²) in [5.74, 6) is 1.62. The lowest BCUT2D eigenvalue weighted by Crippen LogP contribution is -2.24. The topological polar surface area (TPSA) is 47.6 Å². The van der Waals surface area contributed by atoms with Gasteiger partial charge >= 0.3 is 0 Å². The Kier molecular flexibility index (Phi) is 7.78. The van der Waals surface area contributed by atoms with Crippen molar-refractivity contribution in [2.45, 2.75) is 77.9 Å². The highest BCUT2D eigenvalue weighted by atomic mass is 16.5. The second kappa shape index (κ2) is 10.5. The van der Waals surface area contributed by atoms with E-state index >= 15 is 0 Å². The number of ether oxygens (including phenoxy) is 2. The zero-order chi connectivity index (χ0) is 21.4. The van der Waals surface area contributed by atoms with Gasteiger partial charge < -0.3 is 14.8 Å². The van der Waals surface area contributed by atoms with Crippen LogP contribution in [-0.2, 0) is 13.0 Å². The molecule has 1 aliphatic heterocycles. The van der Waals surface area contributed by atoms with E-state index in [1.807, 2.05) is 36.4 Å². The maximum atomic E-state index is 12.3. The van der Waals surface area contributed by atoms with Crippen LogP contribution in [0.4, 0.5) is 0 Å². The summed E-state index contributed by atoms with van der Waals surface area (Å²) < 4.78 is 12.1. The predicted octanol–water partition coefficient (Wildman–Crippen LogP) is 6.07. The smallest absolute Gasteiger partial charge is 0.251 e. The molecule has 0 unspecified atom stereocenters. The first-order valence-electron chi connectivity index (χ1n) is 11.3. The quantitative estimate of drug-likeness (QED) is 0.458. The lowest BCUT2D eigenvalue weighted by Gasteiger charge is -2.18. The maximum absolute atomic E-state index is 12.3. The second-order valence-corrected chi connectivity index (χ2v) is 8.79. The van der Waals surface area contributed by atoms with Crippen LogP contribution in [0.5, 0.6) is 11.5 Å². The first-order valence-corrected chi connectivity index (χ1v) is 11.3. The van der Waals surface area contributed by atoms with Crippen LogP contribution in [0.2, 0.25) is 0 Å². The van der Waals surface area contributed by atoms with Gasteiger partial charge in [-0.2, -0.15) is 0 Å². The zero-order valence-corrected chi connectivity index (χ0v) is 18.6. The van der Waals surface area contributed by atoms with E-state index in [9.17, 15) is 4.79 Å². The van der Waals surface area contributed by atoms with Gasteiger partial charge in [-0.3, -0.25) is 4.79 Å². The molecule has 1 amide bonds. The molecular weight excluding hydrogens is 374 g/mol. The Bertz CT molecular complexity index is 827. The number of rotatable bonds is 11. The van der Waals surface area contributed by atoms with Crippen LogP contribution in [-0.4, -0.2) is 18.1 Å². The van der Waals surface area contributed by atoms with E-state index < -0.39 is 0 Å². The summed E-state index contributed by atoms with van der Waals surface area (Å²) in [5.41, 5.74) is 2.72. The van der Waals surface area contributed by atoms with Crippen LogP contribution < -0.4 is 14.8 Å². The third-order valence-corrected chi connectivity index (χ3v) is 5.48. The number of hydrogen-bond acceptors (Lipinski definition) is 3. The molecule has 0 saturated heterocycles. The highest BCUT2D eigenvalue weighted by molar-refractivity contribution is 5.94. The SMILES string of the molecule is CCCCCCCCNC(=O)c1ccc(COc2cccc3c2OC(C)(C)C3)cc1. The van der Waals surface area contributed by atoms with Gasteiger partial charge in [0.05, 0.1) is 0 Å². The molecule has 3 rings (SSSR count). The van der Waals surface area contributed by atoms with E-state index in [0.29, 0.717) is 12.2 Å². The highest BCUT2D eigenvalue weighted by Gasteiger charge is 2.32. The standard InChI is InChI=1S/C26H35NO3/c1-4-5-6-7-8-9-17-27-25(28)21-15-13-20(14-16-21)19-29-23-12-10-11-22-18-26(2,3)30-24(22)23/h10-16H,4-9,17-19H2,1-3H3,(H,27,28).